The van der Waals surface area contributed by atoms with Crippen molar-refractivity contribution in [3.8, 4) is 0 Å². The molecule has 1 aromatic carbocycles. The van der Waals surface area contributed by atoms with E-state index < -0.39 is 12.1 Å². The topological polar surface area (TPSA) is 105 Å². The fourth-order valence-electron chi connectivity index (χ4n) is 3.75. The number of nitrogens with zero attached hydrogens (tertiary/aromatic N) is 2. The van der Waals surface area contributed by atoms with Gasteiger partial charge in [-0.1, -0.05) is 44.2 Å². The van der Waals surface area contributed by atoms with Crippen LogP contribution in [0.25, 0.3) is 10.2 Å². The molecule has 0 spiro atoms. The number of aromatic nitrogens is 2. The number of ether oxygens (including phenoxy) is 2. The van der Waals surface area contributed by atoms with Crippen molar-refractivity contribution in [2.45, 2.75) is 59.9 Å². The van der Waals surface area contributed by atoms with Crippen LogP contribution < -0.4 is 5.56 Å². The van der Waals surface area contributed by atoms with Crippen LogP contribution in [0.3, 0.4) is 0 Å². The number of nitrogens with one attached hydrogen (secondary N) is 1. The molecule has 3 aromatic rings. The molecule has 0 aliphatic heterocycles. The molecule has 35 heavy (non-hydrogen) atoms. The Kier molecular flexibility index (Phi) is 9.56. The van der Waals surface area contributed by atoms with Crippen molar-refractivity contribution in [2.75, 3.05) is 19.8 Å². The van der Waals surface area contributed by atoms with Crippen LogP contribution in [0, 0.1) is 12.8 Å². The zero-order valence-electron chi connectivity index (χ0n) is 21.0. The first-order valence-electron chi connectivity index (χ1n) is 11.9. The predicted octanol–water partition coefficient (Wildman–Crippen LogP) is 3.89. The highest BCUT2D eigenvalue weighted by molar-refractivity contribution is 7.20. The van der Waals surface area contributed by atoms with Gasteiger partial charge in [0.1, 0.15) is 15.5 Å². The number of carbonyl (C=O) groups is 1. The van der Waals surface area contributed by atoms with Gasteiger partial charge in [-0.3, -0.25) is 9.69 Å². The third-order valence-electron chi connectivity index (χ3n) is 5.23. The van der Waals surface area contributed by atoms with Gasteiger partial charge in [0.05, 0.1) is 30.7 Å². The molecule has 0 saturated heterocycles. The summed E-state index contributed by atoms with van der Waals surface area (Å²) in [4.78, 5) is 35.8. The molecule has 0 aliphatic carbocycles. The second kappa shape index (κ2) is 12.4. The Balaban J connectivity index is 1.83. The third kappa shape index (κ3) is 7.70. The highest BCUT2D eigenvalue weighted by Crippen LogP contribution is 2.28. The van der Waals surface area contributed by atoms with Gasteiger partial charge in [0.25, 0.3) is 5.56 Å². The average Bonchev–Trinajstić information content (AvgIpc) is 3.10. The maximum atomic E-state index is 12.9. The smallest absolute Gasteiger partial charge is 0.348 e. The van der Waals surface area contributed by atoms with E-state index in [1.165, 1.54) is 11.3 Å². The molecule has 0 aliphatic rings. The van der Waals surface area contributed by atoms with Crippen molar-refractivity contribution in [2.24, 2.45) is 5.92 Å². The molecule has 3 rings (SSSR count). The fourth-order valence-corrected chi connectivity index (χ4v) is 4.84. The number of fused-ring (bicyclic) bond motifs is 1. The van der Waals surface area contributed by atoms with Crippen LogP contribution in [0.5, 0.6) is 0 Å². The van der Waals surface area contributed by atoms with E-state index in [2.05, 4.69) is 23.8 Å². The number of aryl methyl sites for hydroxylation is 1. The van der Waals surface area contributed by atoms with Crippen LogP contribution >= 0.6 is 11.3 Å². The van der Waals surface area contributed by atoms with Gasteiger partial charge in [0.2, 0.25) is 0 Å². The number of carbonyl (C=O) groups excluding carboxylic acids is 1. The molecule has 2 N–H and O–H groups in total. The maximum Gasteiger partial charge on any atom is 0.348 e. The second-order valence-electron chi connectivity index (χ2n) is 9.44. The summed E-state index contributed by atoms with van der Waals surface area (Å²) in [5, 5.41) is 11.0. The summed E-state index contributed by atoms with van der Waals surface area (Å²) in [6.07, 6.45) is -0.939. The molecule has 9 heteroatoms. The van der Waals surface area contributed by atoms with Crippen LogP contribution in [0.4, 0.5) is 0 Å². The van der Waals surface area contributed by atoms with E-state index in [0.29, 0.717) is 58.6 Å². The van der Waals surface area contributed by atoms with E-state index in [-0.39, 0.29) is 18.3 Å². The number of aliphatic hydroxyl groups excluding tert-OH is 1. The molecule has 0 amide bonds. The van der Waals surface area contributed by atoms with Crippen LogP contribution in [0.15, 0.2) is 35.1 Å². The van der Waals surface area contributed by atoms with Crippen molar-refractivity contribution in [3.63, 3.8) is 0 Å². The lowest BCUT2D eigenvalue weighted by Gasteiger charge is -2.25. The summed E-state index contributed by atoms with van der Waals surface area (Å²) in [6.45, 7) is 11.5. The van der Waals surface area contributed by atoms with Crippen LogP contribution in [0.1, 0.15) is 54.3 Å². The SMILES string of the molecule is Cc1c(C(=O)OC(C)C)sc2nc(CN(Cc3ccccc3)C[C@H](O)COCC(C)C)[nH]c(=O)c12. The molecule has 1 atom stereocenters. The van der Waals surface area contributed by atoms with Crippen molar-refractivity contribution < 1.29 is 19.4 Å². The quantitative estimate of drug-likeness (QED) is 0.363. The summed E-state index contributed by atoms with van der Waals surface area (Å²) in [6, 6.07) is 9.92. The molecule has 0 bridgehead atoms. The number of rotatable bonds is 12. The van der Waals surface area contributed by atoms with Gasteiger partial charge in [0, 0.05) is 19.7 Å². The normalized spacial score (nSPS) is 12.7. The van der Waals surface area contributed by atoms with E-state index in [9.17, 15) is 14.7 Å². The standard InChI is InChI=1S/C26H35N3O5S/c1-16(2)14-33-15-20(30)12-29(11-19-9-7-6-8-10-19)13-21-27-24(31)22-18(5)23(35-25(22)28-21)26(32)34-17(3)4/h6-10,16-17,20,30H,11-15H2,1-5H3,(H,27,28,31)/t20-/m0/s1. The minimum Gasteiger partial charge on any atom is -0.459 e. The molecule has 0 fully saturated rings. The van der Waals surface area contributed by atoms with Crippen LogP contribution in [-0.2, 0) is 22.6 Å². The van der Waals surface area contributed by atoms with Crippen molar-refractivity contribution in [1.29, 1.82) is 0 Å². The van der Waals surface area contributed by atoms with Gasteiger partial charge >= 0.3 is 5.97 Å². The Morgan fingerprint density at radius 2 is 1.86 bits per heavy atom. The Bertz CT molecular complexity index is 1170. The number of thiophene rings is 1. The van der Waals surface area contributed by atoms with Gasteiger partial charge in [-0.2, -0.15) is 0 Å². The van der Waals surface area contributed by atoms with Crippen LogP contribution in [-0.4, -0.2) is 57.9 Å². The molecule has 0 saturated carbocycles. The van der Waals surface area contributed by atoms with Crippen molar-refractivity contribution in [3.05, 3.63) is 62.5 Å². The number of esters is 1. The fraction of sp³-hybridized carbons (Fsp3) is 0.500. The Labute approximate surface area is 209 Å². The first kappa shape index (κ1) is 27.0. The highest BCUT2D eigenvalue weighted by Gasteiger charge is 2.22. The Morgan fingerprint density at radius 3 is 2.51 bits per heavy atom. The zero-order valence-corrected chi connectivity index (χ0v) is 21.9. The van der Waals surface area contributed by atoms with E-state index in [0.717, 1.165) is 5.56 Å². The predicted molar refractivity (Wildman–Crippen MR) is 138 cm³/mol. The van der Waals surface area contributed by atoms with E-state index in [1.54, 1.807) is 20.8 Å². The summed E-state index contributed by atoms with van der Waals surface area (Å²) in [5.74, 6) is 0.413. The Hall–Kier alpha value is -2.59. The maximum absolute atomic E-state index is 12.9. The monoisotopic (exact) mass is 501 g/mol. The summed E-state index contributed by atoms with van der Waals surface area (Å²) in [7, 11) is 0. The second-order valence-corrected chi connectivity index (χ2v) is 10.4. The first-order valence-corrected chi connectivity index (χ1v) is 12.7. The average molecular weight is 502 g/mol. The summed E-state index contributed by atoms with van der Waals surface area (Å²) < 4.78 is 10.9. The van der Waals surface area contributed by atoms with E-state index in [1.807, 2.05) is 35.2 Å². The van der Waals surface area contributed by atoms with Crippen LogP contribution in [0.2, 0.25) is 0 Å². The van der Waals surface area contributed by atoms with Crippen molar-refractivity contribution >= 4 is 27.5 Å². The van der Waals surface area contributed by atoms with E-state index >= 15 is 0 Å². The molecule has 2 heterocycles. The van der Waals surface area contributed by atoms with Gasteiger partial charge in [-0.05, 0) is 37.8 Å². The highest BCUT2D eigenvalue weighted by atomic mass is 32.1. The van der Waals surface area contributed by atoms with Gasteiger partial charge in [-0.15, -0.1) is 11.3 Å². The number of benzene rings is 1. The lowest BCUT2D eigenvalue weighted by Crippen LogP contribution is -2.35. The molecule has 8 nitrogen and oxygen atoms in total. The summed E-state index contributed by atoms with van der Waals surface area (Å²) >= 11 is 1.17. The molecule has 0 unspecified atom stereocenters. The van der Waals surface area contributed by atoms with Gasteiger partial charge < -0.3 is 19.6 Å². The largest absolute Gasteiger partial charge is 0.459 e. The third-order valence-corrected chi connectivity index (χ3v) is 6.40. The number of hydrogen-bond donors (Lipinski definition) is 2. The minimum absolute atomic E-state index is 0.234. The molecule has 0 radical (unpaired) electrons. The zero-order chi connectivity index (χ0) is 25.5. The molecular formula is C26H35N3O5S. The number of aliphatic hydroxyl groups is 1. The number of aromatic amines is 1. The van der Waals surface area contributed by atoms with E-state index in [4.69, 9.17) is 9.47 Å². The minimum atomic E-state index is -0.686. The molecule has 2 aromatic heterocycles. The van der Waals surface area contributed by atoms with Gasteiger partial charge in [0.15, 0.2) is 0 Å². The Morgan fingerprint density at radius 1 is 1.14 bits per heavy atom. The van der Waals surface area contributed by atoms with Crippen molar-refractivity contribution in [1.82, 2.24) is 14.9 Å². The summed E-state index contributed by atoms with van der Waals surface area (Å²) in [5.41, 5.74) is 1.37. The lowest BCUT2D eigenvalue weighted by atomic mass is 10.2. The number of H-pyrrole nitrogens is 1. The van der Waals surface area contributed by atoms with Gasteiger partial charge in [-0.25, -0.2) is 9.78 Å². The molecular weight excluding hydrogens is 466 g/mol. The molecule has 190 valence electrons. The number of hydrogen-bond acceptors (Lipinski definition) is 8. The lowest BCUT2D eigenvalue weighted by molar-refractivity contribution is 0.00517. The first-order chi connectivity index (χ1) is 16.6.